The average molecular weight is 402 g/mol. The topological polar surface area (TPSA) is 61.2 Å². The Balaban J connectivity index is 1.71. The molecule has 0 unspecified atom stereocenters. The number of carbonyl (C=O) groups is 1. The van der Waals surface area contributed by atoms with Gasteiger partial charge in [0.15, 0.2) is 5.69 Å². The summed E-state index contributed by atoms with van der Waals surface area (Å²) in [7, 11) is 0. The van der Waals surface area contributed by atoms with Crippen molar-refractivity contribution >= 4 is 28.5 Å². The monoisotopic (exact) mass is 402 g/mol. The van der Waals surface area contributed by atoms with E-state index in [1.165, 1.54) is 4.68 Å². The Bertz CT molecular complexity index is 1220. The minimum absolute atomic E-state index is 0.116. The first-order valence-corrected chi connectivity index (χ1v) is 10.3. The molecule has 4 aromatic rings. The summed E-state index contributed by atoms with van der Waals surface area (Å²) in [5, 5.41) is 5.23. The Kier molecular flexibility index (Phi) is 5.44. The minimum atomic E-state index is -0.570. The van der Waals surface area contributed by atoms with E-state index in [4.69, 9.17) is 4.74 Å². The lowest BCUT2D eigenvalue weighted by Gasteiger charge is -2.11. The van der Waals surface area contributed by atoms with Gasteiger partial charge in [-0.05, 0) is 42.2 Å². The first-order valence-electron chi connectivity index (χ1n) is 9.05. The molecule has 0 spiro atoms. The molecule has 3 aromatic carbocycles. The van der Waals surface area contributed by atoms with Crippen LogP contribution in [-0.2, 0) is 11.3 Å². The molecule has 0 fully saturated rings. The van der Waals surface area contributed by atoms with Crippen LogP contribution in [0.4, 0.5) is 0 Å². The maximum Gasteiger partial charge on any atom is 0.359 e. The van der Waals surface area contributed by atoms with Crippen LogP contribution < -0.4 is 5.56 Å². The van der Waals surface area contributed by atoms with E-state index >= 15 is 0 Å². The van der Waals surface area contributed by atoms with Crippen molar-refractivity contribution < 1.29 is 9.53 Å². The standard InChI is InChI=1S/C23H18N2O3S/c1-29-18-13-11-16(12-14-18)15-28-23(27)21-19-9-5-6-10-20(19)22(26)25(24-21)17-7-3-2-4-8-17/h2-14H,15H2,1H3. The van der Waals surface area contributed by atoms with E-state index in [9.17, 15) is 9.59 Å². The number of para-hydroxylation sites is 1. The maximum atomic E-state index is 12.9. The summed E-state index contributed by atoms with van der Waals surface area (Å²) in [6.45, 7) is 0.133. The number of fused-ring (bicyclic) bond motifs is 1. The predicted molar refractivity (Wildman–Crippen MR) is 115 cm³/mol. The number of benzene rings is 3. The Hall–Kier alpha value is -3.38. The van der Waals surface area contributed by atoms with E-state index in [1.807, 2.05) is 48.7 Å². The van der Waals surface area contributed by atoms with Crippen molar-refractivity contribution in [3.8, 4) is 5.69 Å². The third kappa shape index (κ3) is 3.93. The summed E-state index contributed by atoms with van der Waals surface area (Å²) < 4.78 is 6.75. The molecule has 5 nitrogen and oxygen atoms in total. The van der Waals surface area contributed by atoms with Crippen molar-refractivity contribution in [2.45, 2.75) is 11.5 Å². The van der Waals surface area contributed by atoms with Crippen molar-refractivity contribution in [1.29, 1.82) is 0 Å². The lowest BCUT2D eigenvalue weighted by atomic mass is 10.1. The van der Waals surface area contributed by atoms with Crippen LogP contribution in [0.3, 0.4) is 0 Å². The van der Waals surface area contributed by atoms with Crippen molar-refractivity contribution in [2.24, 2.45) is 0 Å². The van der Waals surface area contributed by atoms with E-state index < -0.39 is 5.97 Å². The van der Waals surface area contributed by atoms with E-state index in [0.717, 1.165) is 10.5 Å². The molecule has 0 saturated heterocycles. The van der Waals surface area contributed by atoms with Gasteiger partial charge in [-0.2, -0.15) is 9.78 Å². The number of aromatic nitrogens is 2. The van der Waals surface area contributed by atoms with Gasteiger partial charge in [0.1, 0.15) is 6.61 Å². The van der Waals surface area contributed by atoms with Crippen LogP contribution in [0.1, 0.15) is 16.1 Å². The van der Waals surface area contributed by atoms with Crippen LogP contribution in [0.2, 0.25) is 0 Å². The molecule has 0 aliphatic rings. The zero-order valence-electron chi connectivity index (χ0n) is 15.7. The molecule has 0 saturated carbocycles. The molecule has 0 amide bonds. The van der Waals surface area contributed by atoms with Gasteiger partial charge in [0, 0.05) is 10.3 Å². The van der Waals surface area contributed by atoms with Crippen LogP contribution in [0.25, 0.3) is 16.5 Å². The summed E-state index contributed by atoms with van der Waals surface area (Å²) in [6.07, 6.45) is 2.01. The highest BCUT2D eigenvalue weighted by Crippen LogP contribution is 2.18. The molecular formula is C23H18N2O3S. The zero-order chi connectivity index (χ0) is 20.2. The SMILES string of the molecule is CSc1ccc(COC(=O)c2nn(-c3ccccc3)c(=O)c3ccccc23)cc1. The van der Waals surface area contributed by atoms with Crippen molar-refractivity contribution in [3.05, 3.63) is 100 Å². The first kappa shape index (κ1) is 19.0. The van der Waals surface area contributed by atoms with Crippen molar-refractivity contribution in [2.75, 3.05) is 6.26 Å². The Labute approximate surface area is 171 Å². The van der Waals surface area contributed by atoms with Gasteiger partial charge in [-0.25, -0.2) is 4.79 Å². The molecule has 4 rings (SSSR count). The van der Waals surface area contributed by atoms with Crippen molar-refractivity contribution in [1.82, 2.24) is 9.78 Å². The molecule has 144 valence electrons. The normalized spacial score (nSPS) is 10.8. The second-order valence-electron chi connectivity index (χ2n) is 6.37. The zero-order valence-corrected chi connectivity index (χ0v) is 16.6. The third-order valence-corrected chi connectivity index (χ3v) is 5.27. The fraction of sp³-hybridized carbons (Fsp3) is 0.0870. The number of rotatable bonds is 5. The molecule has 0 aliphatic carbocycles. The van der Waals surface area contributed by atoms with Gasteiger partial charge in [0.2, 0.25) is 0 Å². The molecule has 0 atom stereocenters. The van der Waals surface area contributed by atoms with Crippen molar-refractivity contribution in [3.63, 3.8) is 0 Å². The van der Waals surface area contributed by atoms with E-state index in [2.05, 4.69) is 5.10 Å². The van der Waals surface area contributed by atoms with Gasteiger partial charge in [-0.3, -0.25) is 4.79 Å². The Morgan fingerprint density at radius 1 is 0.931 bits per heavy atom. The van der Waals surface area contributed by atoms with Crippen LogP contribution in [-0.4, -0.2) is 22.0 Å². The number of ether oxygens (including phenoxy) is 1. The summed E-state index contributed by atoms with van der Waals surface area (Å²) >= 11 is 1.65. The summed E-state index contributed by atoms with van der Waals surface area (Å²) in [4.78, 5) is 26.9. The molecule has 1 aromatic heterocycles. The fourth-order valence-corrected chi connectivity index (χ4v) is 3.43. The number of thioether (sulfide) groups is 1. The highest BCUT2D eigenvalue weighted by Gasteiger charge is 2.18. The summed E-state index contributed by atoms with van der Waals surface area (Å²) in [5.41, 5.74) is 1.31. The second-order valence-corrected chi connectivity index (χ2v) is 7.25. The lowest BCUT2D eigenvalue weighted by molar-refractivity contribution is 0.0466. The second kappa shape index (κ2) is 8.32. The van der Waals surface area contributed by atoms with E-state index in [-0.39, 0.29) is 17.9 Å². The summed E-state index contributed by atoms with van der Waals surface area (Å²) in [6, 6.07) is 23.8. The molecule has 1 heterocycles. The Morgan fingerprint density at radius 2 is 1.59 bits per heavy atom. The molecule has 6 heteroatoms. The lowest BCUT2D eigenvalue weighted by Crippen LogP contribution is -2.25. The van der Waals surface area contributed by atoms with Gasteiger partial charge >= 0.3 is 5.97 Å². The van der Waals surface area contributed by atoms with Gasteiger partial charge in [-0.1, -0.05) is 48.5 Å². The van der Waals surface area contributed by atoms with Gasteiger partial charge < -0.3 is 4.74 Å². The molecule has 0 aliphatic heterocycles. The highest BCUT2D eigenvalue weighted by molar-refractivity contribution is 7.98. The molecule has 29 heavy (non-hydrogen) atoms. The quantitative estimate of drug-likeness (QED) is 0.364. The fourth-order valence-electron chi connectivity index (χ4n) is 3.02. The Morgan fingerprint density at radius 3 is 2.28 bits per heavy atom. The number of hydrogen-bond acceptors (Lipinski definition) is 5. The average Bonchev–Trinajstić information content (AvgIpc) is 2.79. The molecule has 0 radical (unpaired) electrons. The van der Waals surface area contributed by atoms with Crippen LogP contribution in [0, 0.1) is 0 Å². The van der Waals surface area contributed by atoms with Gasteiger partial charge in [-0.15, -0.1) is 11.8 Å². The van der Waals surface area contributed by atoms with Crippen LogP contribution >= 0.6 is 11.8 Å². The van der Waals surface area contributed by atoms with E-state index in [1.54, 1.807) is 48.2 Å². The largest absolute Gasteiger partial charge is 0.456 e. The minimum Gasteiger partial charge on any atom is -0.456 e. The first-order chi connectivity index (χ1) is 14.2. The van der Waals surface area contributed by atoms with Gasteiger partial charge in [0.05, 0.1) is 11.1 Å². The molecule has 0 bridgehead atoms. The van der Waals surface area contributed by atoms with E-state index in [0.29, 0.717) is 16.5 Å². The maximum absolute atomic E-state index is 12.9. The number of esters is 1. The molecule has 0 N–H and O–H groups in total. The molecular weight excluding hydrogens is 384 g/mol. The summed E-state index contributed by atoms with van der Waals surface area (Å²) in [5.74, 6) is -0.570. The smallest absolute Gasteiger partial charge is 0.359 e. The third-order valence-electron chi connectivity index (χ3n) is 4.53. The van der Waals surface area contributed by atoms with Gasteiger partial charge in [0.25, 0.3) is 5.56 Å². The predicted octanol–water partition coefficient (Wildman–Crippen LogP) is 4.46. The van der Waals surface area contributed by atoms with Crippen LogP contribution in [0.5, 0.6) is 0 Å². The van der Waals surface area contributed by atoms with Crippen LogP contribution in [0.15, 0.2) is 88.6 Å². The number of nitrogens with zero attached hydrogens (tertiary/aromatic N) is 2. The highest BCUT2D eigenvalue weighted by atomic mass is 32.2. The number of carbonyl (C=O) groups excluding carboxylic acids is 1. The number of hydrogen-bond donors (Lipinski definition) is 0.